The number of hydrogen-bond acceptors (Lipinski definition) is 7. The van der Waals surface area contributed by atoms with Crippen molar-refractivity contribution in [2.24, 2.45) is 5.10 Å². The normalized spacial score (nSPS) is 11.7. The Kier molecular flexibility index (Phi) is 3.70. The lowest BCUT2D eigenvalue weighted by Crippen LogP contribution is -2.36. The first-order valence-electron chi connectivity index (χ1n) is 5.67. The molecular weight excluding hydrogens is 282 g/mol. The number of hydrogen-bond donors (Lipinski definition) is 2. The van der Waals surface area contributed by atoms with Crippen LogP contribution in [0.25, 0.3) is 0 Å². The predicted octanol–water partition coefficient (Wildman–Crippen LogP) is 0.723. The lowest BCUT2D eigenvalue weighted by atomic mass is 10.2. The van der Waals surface area contributed by atoms with Crippen LogP contribution in [-0.4, -0.2) is 16.8 Å². The van der Waals surface area contributed by atoms with E-state index in [0.717, 1.165) is 15.3 Å². The summed E-state index contributed by atoms with van der Waals surface area (Å²) in [6.07, 6.45) is 0. The molecule has 3 N–H and O–H groups in total. The molecule has 0 saturated heterocycles. The van der Waals surface area contributed by atoms with Crippen molar-refractivity contribution in [1.29, 1.82) is 0 Å². The number of carbonyl (C=O) groups is 1. The van der Waals surface area contributed by atoms with Gasteiger partial charge in [0, 0.05) is 15.3 Å². The number of rotatable bonds is 3. The Bertz CT molecular complexity index is 669. The van der Waals surface area contributed by atoms with Gasteiger partial charge in [-0.25, -0.2) is 5.43 Å². The third-order valence-corrected chi connectivity index (χ3v) is 3.58. The van der Waals surface area contributed by atoms with Crippen molar-refractivity contribution in [2.45, 2.75) is 20.8 Å². The average molecular weight is 295 g/mol. The highest BCUT2D eigenvalue weighted by molar-refractivity contribution is 7.12. The summed E-state index contributed by atoms with van der Waals surface area (Å²) in [6, 6.07) is 1.98. The lowest BCUT2D eigenvalue weighted by molar-refractivity contribution is -0.803. The first-order valence-corrected chi connectivity index (χ1v) is 6.49. The highest BCUT2D eigenvalue weighted by atomic mass is 32.1. The summed E-state index contributed by atoms with van der Waals surface area (Å²) in [5, 5.41) is 18.3. The van der Waals surface area contributed by atoms with E-state index in [9.17, 15) is 10.0 Å². The fourth-order valence-electron chi connectivity index (χ4n) is 1.70. The summed E-state index contributed by atoms with van der Waals surface area (Å²) in [5.74, 6) is -1.06. The number of anilines is 1. The van der Waals surface area contributed by atoms with Crippen LogP contribution in [0.2, 0.25) is 0 Å². The second-order valence-corrected chi connectivity index (χ2v) is 5.59. The van der Waals surface area contributed by atoms with Crippen molar-refractivity contribution >= 4 is 28.8 Å². The number of nitrogens with zero attached hydrogens (tertiary/aromatic N) is 3. The van der Waals surface area contributed by atoms with E-state index < -0.39 is 11.6 Å². The van der Waals surface area contributed by atoms with Crippen LogP contribution in [0.15, 0.2) is 15.8 Å². The Morgan fingerprint density at radius 3 is 2.80 bits per heavy atom. The Hall–Kier alpha value is -2.42. The third-order valence-electron chi connectivity index (χ3n) is 2.61. The molecule has 20 heavy (non-hydrogen) atoms. The number of amides is 1. The number of thiophene rings is 1. The summed E-state index contributed by atoms with van der Waals surface area (Å²) < 4.78 is 4.21. The first-order chi connectivity index (χ1) is 9.40. The molecule has 8 nitrogen and oxygen atoms in total. The van der Waals surface area contributed by atoms with Gasteiger partial charge in [-0.3, -0.25) is 9.42 Å². The van der Waals surface area contributed by atoms with Crippen LogP contribution in [0.3, 0.4) is 0 Å². The Labute approximate surface area is 118 Å². The van der Waals surface area contributed by atoms with E-state index in [4.69, 9.17) is 5.73 Å². The Morgan fingerprint density at radius 2 is 2.30 bits per heavy atom. The van der Waals surface area contributed by atoms with Crippen LogP contribution in [0, 0.1) is 19.1 Å². The molecule has 106 valence electrons. The van der Waals surface area contributed by atoms with Crippen molar-refractivity contribution in [2.75, 3.05) is 5.73 Å². The average Bonchev–Trinajstić information content (AvgIpc) is 2.89. The van der Waals surface area contributed by atoms with Crippen LogP contribution in [-0.2, 0) is 0 Å². The van der Waals surface area contributed by atoms with Crippen molar-refractivity contribution in [3.63, 3.8) is 0 Å². The van der Waals surface area contributed by atoms with Gasteiger partial charge in [-0.1, -0.05) is 0 Å². The van der Waals surface area contributed by atoms with Gasteiger partial charge >= 0.3 is 17.4 Å². The predicted molar refractivity (Wildman–Crippen MR) is 73.3 cm³/mol. The SMILES string of the molecule is C/C(=N/NC(=O)c1c(N)no[n+]1[O-])c1cc(C)sc1C. The molecule has 0 aliphatic carbocycles. The molecule has 2 aromatic heterocycles. The minimum Gasteiger partial charge on any atom is -0.359 e. The molecule has 0 aliphatic heterocycles. The van der Waals surface area contributed by atoms with Crippen molar-refractivity contribution in [3.05, 3.63) is 32.3 Å². The molecule has 0 atom stereocenters. The Morgan fingerprint density at radius 1 is 1.60 bits per heavy atom. The van der Waals surface area contributed by atoms with Crippen LogP contribution < -0.4 is 16.1 Å². The lowest BCUT2D eigenvalue weighted by Gasteiger charge is -2.00. The molecule has 2 aromatic rings. The highest BCUT2D eigenvalue weighted by Gasteiger charge is 2.24. The highest BCUT2D eigenvalue weighted by Crippen LogP contribution is 2.21. The molecule has 0 saturated carbocycles. The largest absolute Gasteiger partial charge is 0.359 e. The number of hydrazone groups is 1. The maximum absolute atomic E-state index is 11.8. The maximum atomic E-state index is 11.8. The zero-order chi connectivity index (χ0) is 14.9. The molecule has 1 amide bonds. The minimum absolute atomic E-state index is 0.0600. The molecular formula is C11H13N5O3S. The topological polar surface area (TPSA) is 120 Å². The van der Waals surface area contributed by atoms with Crippen LogP contribution in [0.5, 0.6) is 0 Å². The van der Waals surface area contributed by atoms with Gasteiger partial charge in [0.25, 0.3) is 0 Å². The Balaban J connectivity index is 2.17. The number of carbonyl (C=O) groups excluding carboxylic acids is 1. The van der Waals surface area contributed by atoms with Crippen molar-refractivity contribution < 1.29 is 14.3 Å². The van der Waals surface area contributed by atoms with Gasteiger partial charge in [0.05, 0.1) is 10.9 Å². The zero-order valence-corrected chi connectivity index (χ0v) is 11.9. The molecule has 0 fully saturated rings. The van der Waals surface area contributed by atoms with Gasteiger partial charge in [-0.2, -0.15) is 5.10 Å². The van der Waals surface area contributed by atoms with E-state index in [1.807, 2.05) is 19.9 Å². The standard InChI is InChI=1S/C11H13N5O3S/c1-5-4-8(7(3)20-5)6(2)13-14-11(17)9-10(12)15-19-16(9)18/h4H,1-3H3,(H2,12,15)(H,14,17)/b13-6-. The summed E-state index contributed by atoms with van der Waals surface area (Å²) in [7, 11) is 0. The van der Waals surface area contributed by atoms with Crippen LogP contribution in [0.1, 0.15) is 32.7 Å². The molecule has 0 bridgehead atoms. The van der Waals surface area contributed by atoms with Gasteiger partial charge < -0.3 is 10.9 Å². The summed E-state index contributed by atoms with van der Waals surface area (Å²) in [4.78, 5) is 13.9. The zero-order valence-electron chi connectivity index (χ0n) is 11.1. The van der Waals surface area contributed by atoms with E-state index in [1.165, 1.54) is 0 Å². The number of aromatic nitrogens is 2. The van der Waals surface area contributed by atoms with Gasteiger partial charge in [0.15, 0.2) is 0 Å². The monoisotopic (exact) mass is 295 g/mol. The van der Waals surface area contributed by atoms with Crippen LogP contribution >= 0.6 is 11.3 Å². The number of nitrogens with two attached hydrogens (primary N) is 1. The fraction of sp³-hybridized carbons (Fsp3) is 0.273. The molecule has 0 unspecified atom stereocenters. The van der Waals surface area contributed by atoms with Crippen molar-refractivity contribution in [3.8, 4) is 0 Å². The maximum Gasteiger partial charge on any atom is 0.322 e. The molecule has 0 radical (unpaired) electrons. The van der Waals surface area contributed by atoms with E-state index in [-0.39, 0.29) is 10.7 Å². The van der Waals surface area contributed by atoms with E-state index in [1.54, 1.807) is 18.3 Å². The number of nitrogens with one attached hydrogen (secondary N) is 1. The molecule has 9 heteroatoms. The van der Waals surface area contributed by atoms with E-state index in [0.29, 0.717) is 5.71 Å². The summed E-state index contributed by atoms with van der Waals surface area (Å²) in [5.41, 5.74) is 8.77. The number of nitrogen functional groups attached to an aromatic ring is 1. The van der Waals surface area contributed by atoms with E-state index in [2.05, 4.69) is 20.3 Å². The minimum atomic E-state index is -0.775. The molecule has 2 rings (SSSR count). The molecule has 0 aromatic carbocycles. The molecule has 0 aliphatic rings. The van der Waals surface area contributed by atoms with Gasteiger partial charge in [-0.05, 0) is 31.7 Å². The van der Waals surface area contributed by atoms with Crippen LogP contribution in [0.4, 0.5) is 5.82 Å². The smallest absolute Gasteiger partial charge is 0.322 e. The molecule has 0 spiro atoms. The second kappa shape index (κ2) is 5.29. The van der Waals surface area contributed by atoms with Gasteiger partial charge in [0.1, 0.15) is 0 Å². The molecule has 2 heterocycles. The van der Waals surface area contributed by atoms with Crippen molar-refractivity contribution in [1.82, 2.24) is 10.6 Å². The third kappa shape index (κ3) is 2.62. The summed E-state index contributed by atoms with van der Waals surface area (Å²) >= 11 is 1.64. The number of aryl methyl sites for hydroxylation is 2. The summed E-state index contributed by atoms with van der Waals surface area (Å²) in [6.45, 7) is 5.72. The van der Waals surface area contributed by atoms with E-state index >= 15 is 0 Å². The quantitative estimate of drug-likeness (QED) is 0.491. The van der Waals surface area contributed by atoms with Gasteiger partial charge in [-0.15, -0.1) is 11.3 Å². The fourth-order valence-corrected chi connectivity index (χ4v) is 2.67. The first kappa shape index (κ1) is 14.0. The van der Waals surface area contributed by atoms with Gasteiger partial charge in [0.2, 0.25) is 0 Å². The second-order valence-electron chi connectivity index (χ2n) is 4.13.